The van der Waals surface area contributed by atoms with Gasteiger partial charge in [-0.25, -0.2) is 9.67 Å². The number of thiazole rings is 1. The third-order valence-electron chi connectivity index (χ3n) is 4.27. The highest BCUT2D eigenvalue weighted by molar-refractivity contribution is 7.11. The second-order valence-electron chi connectivity index (χ2n) is 6.00. The molecule has 122 valence electrons. The minimum atomic E-state index is -0.0607. The first-order valence-electron chi connectivity index (χ1n) is 7.78. The Balaban J connectivity index is 1.60. The van der Waals surface area contributed by atoms with E-state index in [1.807, 2.05) is 18.7 Å². The van der Waals surface area contributed by atoms with Gasteiger partial charge in [-0.1, -0.05) is 0 Å². The predicted molar refractivity (Wildman–Crippen MR) is 88.7 cm³/mol. The number of amides is 1. The molecule has 0 unspecified atom stereocenters. The number of piperidine rings is 1. The van der Waals surface area contributed by atoms with Crippen molar-refractivity contribution in [2.45, 2.75) is 33.2 Å². The first kappa shape index (κ1) is 15.9. The lowest BCUT2D eigenvalue weighted by atomic mass is 9.96. The van der Waals surface area contributed by atoms with Gasteiger partial charge in [0.05, 0.1) is 16.9 Å². The normalized spacial score (nSPS) is 15.8. The van der Waals surface area contributed by atoms with Gasteiger partial charge in [0.1, 0.15) is 4.88 Å². The highest BCUT2D eigenvalue weighted by atomic mass is 32.1. The molecule has 0 bridgehead atoms. The molecule has 0 aromatic carbocycles. The summed E-state index contributed by atoms with van der Waals surface area (Å²) in [6, 6.07) is 3.30. The number of hydrogen-bond donors (Lipinski definition) is 0. The van der Waals surface area contributed by atoms with Crippen LogP contribution in [-0.4, -0.2) is 38.7 Å². The quantitative estimate of drug-likeness (QED) is 0.860. The third-order valence-corrected chi connectivity index (χ3v) is 5.19. The van der Waals surface area contributed by atoms with Gasteiger partial charge in [-0.15, -0.1) is 11.3 Å². The Morgan fingerprint density at radius 2 is 2.04 bits per heavy atom. The number of rotatable bonds is 3. The molecule has 0 atom stereocenters. The van der Waals surface area contributed by atoms with E-state index in [1.54, 1.807) is 22.3 Å². The van der Waals surface area contributed by atoms with Crippen LogP contribution < -0.4 is 5.56 Å². The van der Waals surface area contributed by atoms with Crippen molar-refractivity contribution < 1.29 is 4.79 Å². The second-order valence-corrected chi connectivity index (χ2v) is 6.85. The number of aryl methyl sites for hydroxylation is 2. The van der Waals surface area contributed by atoms with Crippen LogP contribution in [-0.2, 0) is 6.54 Å². The molecule has 7 heteroatoms. The molecule has 1 aliphatic rings. The van der Waals surface area contributed by atoms with Crippen molar-refractivity contribution in [3.8, 4) is 0 Å². The molecular weight excluding hydrogens is 312 g/mol. The fourth-order valence-corrected chi connectivity index (χ4v) is 3.67. The van der Waals surface area contributed by atoms with Crippen LogP contribution in [0.25, 0.3) is 0 Å². The molecule has 0 saturated carbocycles. The van der Waals surface area contributed by atoms with Crippen LogP contribution in [0.5, 0.6) is 0 Å². The molecule has 0 spiro atoms. The van der Waals surface area contributed by atoms with Crippen molar-refractivity contribution in [2.75, 3.05) is 13.1 Å². The molecule has 0 radical (unpaired) electrons. The van der Waals surface area contributed by atoms with Crippen LogP contribution in [0, 0.1) is 19.8 Å². The Bertz CT molecular complexity index is 759. The van der Waals surface area contributed by atoms with E-state index in [1.165, 1.54) is 11.3 Å². The summed E-state index contributed by atoms with van der Waals surface area (Å²) in [5.41, 5.74) is 3.30. The smallest absolute Gasteiger partial charge is 0.266 e. The maximum atomic E-state index is 12.5. The largest absolute Gasteiger partial charge is 0.338 e. The maximum absolute atomic E-state index is 12.5. The van der Waals surface area contributed by atoms with Gasteiger partial charge in [-0.2, -0.15) is 5.10 Å². The molecular formula is C16H20N4O2S. The number of hydrogen-bond acceptors (Lipinski definition) is 5. The van der Waals surface area contributed by atoms with Crippen LogP contribution >= 0.6 is 11.3 Å². The van der Waals surface area contributed by atoms with Crippen molar-refractivity contribution >= 4 is 17.2 Å². The summed E-state index contributed by atoms with van der Waals surface area (Å²) < 4.78 is 1.55. The third kappa shape index (κ3) is 3.50. The fraction of sp³-hybridized carbons (Fsp3) is 0.500. The summed E-state index contributed by atoms with van der Waals surface area (Å²) in [4.78, 5) is 31.1. The van der Waals surface area contributed by atoms with Crippen molar-refractivity contribution in [3.63, 3.8) is 0 Å². The summed E-state index contributed by atoms with van der Waals surface area (Å²) in [6.45, 7) is 5.83. The van der Waals surface area contributed by atoms with E-state index < -0.39 is 0 Å². The Labute approximate surface area is 138 Å². The Kier molecular flexibility index (Phi) is 4.56. The molecule has 23 heavy (non-hydrogen) atoms. The topological polar surface area (TPSA) is 68.1 Å². The average molecular weight is 332 g/mol. The van der Waals surface area contributed by atoms with Crippen LogP contribution in [0.4, 0.5) is 0 Å². The minimum absolute atomic E-state index is 0.0607. The number of likely N-dealkylation sites (tertiary alicyclic amines) is 1. The molecule has 6 nitrogen and oxygen atoms in total. The highest BCUT2D eigenvalue weighted by Gasteiger charge is 2.26. The summed E-state index contributed by atoms with van der Waals surface area (Å²) >= 11 is 1.40. The minimum Gasteiger partial charge on any atom is -0.338 e. The Morgan fingerprint density at radius 1 is 1.30 bits per heavy atom. The zero-order valence-electron chi connectivity index (χ0n) is 13.4. The summed E-state index contributed by atoms with van der Waals surface area (Å²) in [7, 11) is 0. The standard InChI is InChI=1S/C16H20N4O2S/c1-11-3-4-14(21)20(18-11)9-13-5-7-19(8-6-13)16(22)15-12(2)17-10-23-15/h3-4,10,13H,5-9H2,1-2H3. The van der Waals surface area contributed by atoms with Gasteiger partial charge in [0.2, 0.25) is 0 Å². The molecule has 0 aliphatic carbocycles. The van der Waals surface area contributed by atoms with Crippen LogP contribution in [0.3, 0.4) is 0 Å². The lowest BCUT2D eigenvalue weighted by molar-refractivity contribution is 0.0684. The first-order chi connectivity index (χ1) is 11.0. The summed E-state index contributed by atoms with van der Waals surface area (Å²) in [6.07, 6.45) is 1.79. The van der Waals surface area contributed by atoms with Gasteiger partial charge in [-0.3, -0.25) is 9.59 Å². The van der Waals surface area contributed by atoms with E-state index in [0.29, 0.717) is 12.5 Å². The van der Waals surface area contributed by atoms with Crippen LogP contribution in [0.2, 0.25) is 0 Å². The second kappa shape index (κ2) is 6.62. The van der Waals surface area contributed by atoms with Crippen LogP contribution in [0.1, 0.15) is 33.9 Å². The summed E-state index contributed by atoms with van der Waals surface area (Å²) in [5, 5.41) is 4.29. The van der Waals surface area contributed by atoms with Gasteiger partial charge in [-0.05, 0) is 38.7 Å². The van der Waals surface area contributed by atoms with Gasteiger partial charge in [0.15, 0.2) is 0 Å². The summed E-state index contributed by atoms with van der Waals surface area (Å²) in [5.74, 6) is 0.461. The van der Waals surface area contributed by atoms with Crippen LogP contribution in [0.15, 0.2) is 22.4 Å². The number of carbonyl (C=O) groups excluding carboxylic acids is 1. The molecule has 1 aliphatic heterocycles. The Hall–Kier alpha value is -2.02. The van der Waals surface area contributed by atoms with Gasteiger partial charge in [0, 0.05) is 25.7 Å². The lowest BCUT2D eigenvalue weighted by Gasteiger charge is -2.31. The first-order valence-corrected chi connectivity index (χ1v) is 8.66. The molecule has 3 heterocycles. The maximum Gasteiger partial charge on any atom is 0.266 e. The number of aromatic nitrogens is 3. The lowest BCUT2D eigenvalue weighted by Crippen LogP contribution is -2.40. The zero-order valence-corrected chi connectivity index (χ0v) is 14.2. The Morgan fingerprint density at radius 3 is 2.70 bits per heavy atom. The van der Waals surface area contributed by atoms with E-state index in [-0.39, 0.29) is 11.5 Å². The van der Waals surface area contributed by atoms with E-state index in [9.17, 15) is 9.59 Å². The SMILES string of the molecule is Cc1ccc(=O)n(CC2CCN(C(=O)c3scnc3C)CC2)n1. The monoisotopic (exact) mass is 332 g/mol. The van der Waals surface area contributed by atoms with Gasteiger partial charge in [0.25, 0.3) is 11.5 Å². The highest BCUT2D eigenvalue weighted by Crippen LogP contribution is 2.22. The number of nitrogens with zero attached hydrogens (tertiary/aromatic N) is 4. The molecule has 2 aromatic rings. The van der Waals surface area contributed by atoms with Gasteiger partial charge >= 0.3 is 0 Å². The van der Waals surface area contributed by atoms with E-state index >= 15 is 0 Å². The number of carbonyl (C=O) groups is 1. The van der Waals surface area contributed by atoms with E-state index in [0.717, 1.165) is 42.2 Å². The average Bonchev–Trinajstić information content (AvgIpc) is 2.97. The molecule has 1 amide bonds. The van der Waals surface area contributed by atoms with Crippen molar-refractivity contribution in [2.24, 2.45) is 5.92 Å². The molecule has 3 rings (SSSR count). The van der Waals surface area contributed by atoms with Crippen molar-refractivity contribution in [1.82, 2.24) is 19.7 Å². The van der Waals surface area contributed by atoms with E-state index in [2.05, 4.69) is 10.1 Å². The molecule has 0 N–H and O–H groups in total. The van der Waals surface area contributed by atoms with Gasteiger partial charge < -0.3 is 4.90 Å². The molecule has 1 saturated heterocycles. The zero-order chi connectivity index (χ0) is 16.4. The van der Waals surface area contributed by atoms with Crippen molar-refractivity contribution in [3.05, 3.63) is 44.3 Å². The van der Waals surface area contributed by atoms with Crippen molar-refractivity contribution in [1.29, 1.82) is 0 Å². The van der Waals surface area contributed by atoms with E-state index in [4.69, 9.17) is 0 Å². The molecule has 2 aromatic heterocycles. The fourth-order valence-electron chi connectivity index (χ4n) is 2.90. The molecule has 1 fully saturated rings. The predicted octanol–water partition coefficient (Wildman–Crippen LogP) is 1.87.